The topological polar surface area (TPSA) is 23.8 Å². The monoisotopic (exact) mass is 155 g/mol. The average molecular weight is 155 g/mol. The quantitative estimate of drug-likeness (QED) is 0.574. The van der Waals surface area contributed by atoms with Gasteiger partial charge in [-0.1, -0.05) is 36.6 Å². The highest BCUT2D eigenvalue weighted by molar-refractivity contribution is 6.58. The molecule has 0 saturated heterocycles. The molecular formula is C8H18AlN. The molecule has 0 fully saturated rings. The fraction of sp³-hybridized carbons (Fsp3) is 0.875. The molecule has 10 heavy (non-hydrogen) atoms. The second-order valence-corrected chi connectivity index (χ2v) is 6.50. The van der Waals surface area contributed by atoms with Crippen molar-refractivity contribution < 1.29 is 0 Å². The van der Waals surface area contributed by atoms with Gasteiger partial charge < -0.3 is 0 Å². The highest BCUT2D eigenvalue weighted by Gasteiger charge is 2.05. The lowest BCUT2D eigenvalue weighted by Crippen LogP contribution is -2.04. The van der Waals surface area contributed by atoms with Crippen LogP contribution in [-0.2, 0) is 0 Å². The first-order valence-electron chi connectivity index (χ1n) is 4.07. The highest BCUT2D eigenvalue weighted by atomic mass is 27.2. The molecular weight excluding hydrogens is 137 g/mol. The third kappa shape index (κ3) is 10.9. The molecule has 0 radical (unpaired) electrons. The van der Waals surface area contributed by atoms with E-state index >= 15 is 0 Å². The van der Waals surface area contributed by atoms with Crippen LogP contribution in [0.2, 0.25) is 15.8 Å². The lowest BCUT2D eigenvalue weighted by Gasteiger charge is -1.97. The number of rotatable bonds is 3. The van der Waals surface area contributed by atoms with Crippen molar-refractivity contribution in [2.24, 2.45) is 0 Å². The van der Waals surface area contributed by atoms with Crippen molar-refractivity contribution in [3.05, 3.63) is 0 Å². The van der Waals surface area contributed by atoms with Crippen LogP contribution in [0, 0.1) is 11.3 Å². The van der Waals surface area contributed by atoms with Crippen molar-refractivity contribution in [2.45, 2.75) is 43.5 Å². The lowest BCUT2D eigenvalue weighted by molar-refractivity contribution is 1.24. The number of hydrogen-bond acceptors (Lipinski definition) is 1. The van der Waals surface area contributed by atoms with Crippen molar-refractivity contribution in [1.29, 1.82) is 5.26 Å². The van der Waals surface area contributed by atoms with Gasteiger partial charge >= 0.3 is 0 Å². The molecule has 0 unspecified atom stereocenters. The van der Waals surface area contributed by atoms with E-state index in [2.05, 4.69) is 20.8 Å². The molecule has 0 aromatic carbocycles. The van der Waals surface area contributed by atoms with Gasteiger partial charge in [-0.2, -0.15) is 5.26 Å². The van der Waals surface area contributed by atoms with E-state index in [-0.39, 0.29) is 14.1 Å². The Bertz CT molecular complexity index is 76.2. The van der Waals surface area contributed by atoms with Gasteiger partial charge in [0.2, 0.25) is 0 Å². The molecule has 0 aromatic rings. The van der Waals surface area contributed by atoms with Crippen LogP contribution in [0.5, 0.6) is 0 Å². The fourth-order valence-corrected chi connectivity index (χ4v) is 2.60. The standard InChI is InChI=1S/C2H3N.3C2H5.Al/c1-2-3;3*1-2;/h1H3;3*1H2,2H3;. The maximum atomic E-state index is 7.32. The van der Waals surface area contributed by atoms with Crippen LogP contribution in [0.4, 0.5) is 0 Å². The largest absolute Gasteiger partial charge is 0.261 e. The molecule has 0 aliphatic rings. The minimum absolute atomic E-state index is 0.171. The summed E-state index contributed by atoms with van der Waals surface area (Å²) < 4.78 is 0. The third-order valence-corrected chi connectivity index (χ3v) is 5.20. The van der Waals surface area contributed by atoms with E-state index in [0.29, 0.717) is 0 Å². The van der Waals surface area contributed by atoms with Crippen molar-refractivity contribution in [2.75, 3.05) is 0 Å². The predicted molar refractivity (Wildman–Crippen MR) is 48.5 cm³/mol. The first-order valence-corrected chi connectivity index (χ1v) is 6.52. The summed E-state index contributed by atoms with van der Waals surface area (Å²) in [6.45, 7) is 8.40. The van der Waals surface area contributed by atoms with E-state index in [1.807, 2.05) is 0 Å². The fourth-order valence-electron chi connectivity index (χ4n) is 0.866. The van der Waals surface area contributed by atoms with Crippen LogP contribution < -0.4 is 0 Å². The molecule has 0 aromatic heterocycles. The van der Waals surface area contributed by atoms with Crippen LogP contribution in [0.1, 0.15) is 27.7 Å². The molecule has 58 valence electrons. The van der Waals surface area contributed by atoms with E-state index in [0.717, 1.165) is 0 Å². The maximum Gasteiger partial charge on any atom is 0.261 e. The molecule has 0 aliphatic heterocycles. The Balaban J connectivity index is 0. The van der Waals surface area contributed by atoms with Crippen LogP contribution in [-0.4, -0.2) is 14.1 Å². The van der Waals surface area contributed by atoms with E-state index in [1.165, 1.54) is 22.8 Å². The first kappa shape index (κ1) is 12.7. The van der Waals surface area contributed by atoms with Crippen LogP contribution in [0.25, 0.3) is 0 Å². The average Bonchev–Trinajstić information content (AvgIpc) is 1.93. The Hall–Kier alpha value is 0.0225. The predicted octanol–water partition coefficient (Wildman–Crippen LogP) is 3.07. The minimum atomic E-state index is -0.171. The van der Waals surface area contributed by atoms with Crippen LogP contribution in [0.3, 0.4) is 0 Å². The smallest absolute Gasteiger partial charge is 0.199 e. The first-order chi connectivity index (χ1) is 4.76. The molecule has 0 bridgehead atoms. The summed E-state index contributed by atoms with van der Waals surface area (Å²) in [4.78, 5) is 0. The Labute approximate surface area is 69.4 Å². The SMILES string of the molecule is CC#N.C[CH2][Al]([CH2]C)[CH2]C. The van der Waals surface area contributed by atoms with E-state index < -0.39 is 0 Å². The zero-order chi connectivity index (χ0) is 8.41. The summed E-state index contributed by atoms with van der Waals surface area (Å²) in [7, 11) is 0. The molecule has 1 nitrogen and oxygen atoms in total. The van der Waals surface area contributed by atoms with Gasteiger partial charge in [0.05, 0.1) is 6.07 Å². The van der Waals surface area contributed by atoms with Crippen molar-refractivity contribution in [3.63, 3.8) is 0 Å². The molecule has 0 N–H and O–H groups in total. The second-order valence-electron chi connectivity index (χ2n) is 2.31. The van der Waals surface area contributed by atoms with Gasteiger partial charge in [-0.15, -0.1) is 0 Å². The molecule has 0 saturated carbocycles. The van der Waals surface area contributed by atoms with Gasteiger partial charge in [0.15, 0.2) is 0 Å². The van der Waals surface area contributed by atoms with Crippen LogP contribution in [0.15, 0.2) is 0 Å². The minimum Gasteiger partial charge on any atom is -0.199 e. The second kappa shape index (κ2) is 11.8. The molecule has 0 atom stereocenters. The summed E-state index contributed by atoms with van der Waals surface area (Å²) in [5.41, 5.74) is 0. The van der Waals surface area contributed by atoms with Gasteiger partial charge in [0.1, 0.15) is 0 Å². The molecule has 0 aliphatic carbocycles. The van der Waals surface area contributed by atoms with Gasteiger partial charge in [-0.3, -0.25) is 0 Å². The molecule has 0 heterocycles. The van der Waals surface area contributed by atoms with Crippen LogP contribution >= 0.6 is 0 Å². The number of nitrogens with zero attached hydrogens (tertiary/aromatic N) is 1. The van der Waals surface area contributed by atoms with Crippen molar-refractivity contribution in [3.8, 4) is 6.07 Å². The molecule has 0 rings (SSSR count). The Morgan fingerprint density at radius 1 is 1.10 bits per heavy atom. The van der Waals surface area contributed by atoms with Crippen molar-refractivity contribution in [1.82, 2.24) is 0 Å². The van der Waals surface area contributed by atoms with Crippen molar-refractivity contribution >= 4 is 14.1 Å². The Kier molecular flexibility index (Phi) is 14.9. The summed E-state index contributed by atoms with van der Waals surface area (Å²) in [5.74, 6) is 0. The zero-order valence-corrected chi connectivity index (χ0v) is 8.80. The van der Waals surface area contributed by atoms with Gasteiger partial charge in [-0.05, 0) is 0 Å². The Morgan fingerprint density at radius 3 is 1.30 bits per heavy atom. The third-order valence-electron chi connectivity index (χ3n) is 1.73. The van der Waals surface area contributed by atoms with Gasteiger partial charge in [0.25, 0.3) is 14.1 Å². The molecule has 0 amide bonds. The Morgan fingerprint density at radius 2 is 1.30 bits per heavy atom. The lowest BCUT2D eigenvalue weighted by atomic mass is 10.9. The van der Waals surface area contributed by atoms with E-state index in [1.54, 1.807) is 6.07 Å². The van der Waals surface area contributed by atoms with Gasteiger partial charge in [-0.25, -0.2) is 0 Å². The zero-order valence-electron chi connectivity index (χ0n) is 7.65. The maximum absolute atomic E-state index is 7.32. The molecule has 2 heteroatoms. The summed E-state index contributed by atoms with van der Waals surface area (Å²) in [5, 5.41) is 11.8. The highest BCUT2D eigenvalue weighted by Crippen LogP contribution is 2.01. The summed E-state index contributed by atoms with van der Waals surface area (Å²) >= 11 is -0.171. The van der Waals surface area contributed by atoms with E-state index in [4.69, 9.17) is 5.26 Å². The molecule has 0 spiro atoms. The summed E-state index contributed by atoms with van der Waals surface area (Å²) in [6, 6.07) is 1.75. The number of nitriles is 1. The van der Waals surface area contributed by atoms with Gasteiger partial charge in [0, 0.05) is 6.92 Å². The van der Waals surface area contributed by atoms with E-state index in [9.17, 15) is 0 Å². The normalized spacial score (nSPS) is 7.10. The summed E-state index contributed by atoms with van der Waals surface area (Å²) in [6.07, 6.45) is 0. The number of hydrogen-bond donors (Lipinski definition) is 0.